The van der Waals surface area contributed by atoms with Crippen LogP contribution in [0.2, 0.25) is 0 Å². The minimum atomic E-state index is -4.23. The van der Waals surface area contributed by atoms with Crippen LogP contribution in [0.1, 0.15) is 54.1 Å². The van der Waals surface area contributed by atoms with Gasteiger partial charge in [0.05, 0.1) is 30.3 Å². The molecule has 0 spiro atoms. The van der Waals surface area contributed by atoms with Gasteiger partial charge in [-0.2, -0.15) is 9.82 Å². The summed E-state index contributed by atoms with van der Waals surface area (Å²) in [6, 6.07) is 12.7. The minimum absolute atomic E-state index is 0.0140. The molecule has 0 aliphatic carbocycles. The zero-order chi connectivity index (χ0) is 37.0. The summed E-state index contributed by atoms with van der Waals surface area (Å²) in [4.78, 5) is 44.1. The van der Waals surface area contributed by atoms with Gasteiger partial charge in [0.15, 0.2) is 0 Å². The number of fused-ring (bicyclic) bond motifs is 1. The summed E-state index contributed by atoms with van der Waals surface area (Å²) >= 11 is 0. The number of methoxy groups -OCH3 is 1. The molecular weight excluding hydrogens is 675 g/mol. The van der Waals surface area contributed by atoms with Crippen molar-refractivity contribution in [1.82, 2.24) is 30.1 Å². The normalized spacial score (nSPS) is 11.9. The van der Waals surface area contributed by atoms with Crippen LogP contribution in [0.15, 0.2) is 65.8 Å². The molecular formula is C36H47N7O7S. The predicted molar refractivity (Wildman–Crippen MR) is 194 cm³/mol. The van der Waals surface area contributed by atoms with E-state index in [1.165, 1.54) is 0 Å². The molecule has 0 saturated carbocycles. The monoisotopic (exact) mass is 721 g/mol. The number of aromatic nitrogens is 3. The maximum Gasteiger partial charge on any atom is 0.325 e. The molecule has 0 aliphatic rings. The van der Waals surface area contributed by atoms with Crippen molar-refractivity contribution in [3.63, 3.8) is 0 Å². The largest absolute Gasteiger partial charge is 0.494 e. The summed E-state index contributed by atoms with van der Waals surface area (Å²) < 4.78 is 42.0. The van der Waals surface area contributed by atoms with Crippen molar-refractivity contribution < 1.29 is 32.3 Å². The van der Waals surface area contributed by atoms with E-state index < -0.39 is 27.9 Å². The lowest BCUT2D eigenvalue weighted by atomic mass is 10.1. The van der Waals surface area contributed by atoms with Gasteiger partial charge in [-0.05, 0) is 86.7 Å². The summed E-state index contributed by atoms with van der Waals surface area (Å²) in [6.07, 6.45) is 5.97. The van der Waals surface area contributed by atoms with Gasteiger partial charge in [-0.3, -0.25) is 19.1 Å². The van der Waals surface area contributed by atoms with Crippen LogP contribution in [-0.4, -0.2) is 87.4 Å². The number of carbonyl (C=O) groups excluding carboxylic acids is 3. The molecule has 0 saturated heterocycles. The number of pyridine rings is 1. The third kappa shape index (κ3) is 10.7. The molecule has 0 unspecified atom stereocenters. The molecule has 0 fully saturated rings. The molecule has 2 aromatic carbocycles. The summed E-state index contributed by atoms with van der Waals surface area (Å²) in [5.41, 5.74) is 2.00. The average molecular weight is 722 g/mol. The number of hydrogen-bond donors (Lipinski definition) is 3. The van der Waals surface area contributed by atoms with Crippen LogP contribution in [0.25, 0.3) is 10.9 Å². The predicted octanol–water partition coefficient (Wildman–Crippen LogP) is 3.51. The number of rotatable bonds is 19. The zero-order valence-electron chi connectivity index (χ0n) is 29.8. The first-order valence-electron chi connectivity index (χ1n) is 16.9. The second-order valence-corrected chi connectivity index (χ2v) is 13.9. The minimum Gasteiger partial charge on any atom is -0.494 e. The third-order valence-electron chi connectivity index (χ3n) is 8.15. The number of anilines is 1. The first-order chi connectivity index (χ1) is 24.4. The number of hydrogen-bond acceptors (Lipinski definition) is 10. The summed E-state index contributed by atoms with van der Waals surface area (Å²) in [6.45, 7) is 7.24. The Kier molecular flexibility index (Phi) is 13.9. The van der Waals surface area contributed by atoms with E-state index in [0.29, 0.717) is 48.4 Å². The van der Waals surface area contributed by atoms with E-state index in [4.69, 9.17) is 9.47 Å². The van der Waals surface area contributed by atoms with Crippen molar-refractivity contribution in [2.24, 2.45) is 0 Å². The van der Waals surface area contributed by atoms with Crippen LogP contribution in [-0.2, 0) is 30.9 Å². The smallest absolute Gasteiger partial charge is 0.325 e. The number of nitrogens with one attached hydrogen (secondary N) is 3. The van der Waals surface area contributed by atoms with Crippen LogP contribution in [0.4, 0.5) is 5.82 Å². The zero-order valence-corrected chi connectivity index (χ0v) is 30.6. The molecule has 2 amide bonds. The fourth-order valence-corrected chi connectivity index (χ4v) is 7.25. The second kappa shape index (κ2) is 18.3. The summed E-state index contributed by atoms with van der Waals surface area (Å²) in [5, 5.41) is 10.7. The molecule has 0 aliphatic heterocycles. The lowest BCUT2D eigenvalue weighted by Gasteiger charge is -2.20. The topological polar surface area (TPSA) is 174 Å². The highest BCUT2D eigenvalue weighted by atomic mass is 32.2. The first kappa shape index (κ1) is 38.8. The Morgan fingerprint density at radius 3 is 2.47 bits per heavy atom. The maximum absolute atomic E-state index is 13.6. The standard InChI is InChI=1S/C36H47N7O7S/c1-6-15-38-33(44)12-9-19-50-29-20-25(2)34(26(3)21-29)51(47,48)41-30(36(46)49-5)24-39-35(45)27-13-14-31-28(22-27)23-40-43(31)18-10-17-42(4)32-11-7-8-16-37-32/h7-8,11,13-14,16,20-23,30,41H,6,9-10,12,15,17-19,24H2,1-5H3,(H,38,44)(H,39,45)/t30-/m0/s1. The van der Waals surface area contributed by atoms with Crippen LogP contribution < -0.4 is 25.0 Å². The number of esters is 1. The number of aryl methyl sites for hydroxylation is 3. The molecule has 0 radical (unpaired) electrons. The number of nitrogens with zero attached hydrogens (tertiary/aromatic N) is 4. The van der Waals surface area contributed by atoms with E-state index in [-0.39, 0.29) is 24.0 Å². The second-order valence-electron chi connectivity index (χ2n) is 12.2. The van der Waals surface area contributed by atoms with Crippen LogP contribution in [0.3, 0.4) is 0 Å². The Morgan fingerprint density at radius 2 is 1.78 bits per heavy atom. The maximum atomic E-state index is 13.6. The number of sulfonamides is 1. The van der Waals surface area contributed by atoms with Crippen LogP contribution in [0, 0.1) is 13.8 Å². The van der Waals surface area contributed by atoms with Gasteiger partial charge in [-0.1, -0.05) is 13.0 Å². The molecule has 1 atom stereocenters. The van der Waals surface area contributed by atoms with Gasteiger partial charge in [-0.25, -0.2) is 13.4 Å². The number of amides is 2. The lowest BCUT2D eigenvalue weighted by Crippen LogP contribution is -2.49. The van der Waals surface area contributed by atoms with Gasteiger partial charge in [0.1, 0.15) is 17.6 Å². The van der Waals surface area contributed by atoms with E-state index >= 15 is 0 Å². The Balaban J connectivity index is 1.35. The average Bonchev–Trinajstić information content (AvgIpc) is 3.52. The van der Waals surface area contributed by atoms with Crippen molar-refractivity contribution in [2.75, 3.05) is 45.3 Å². The molecule has 0 bridgehead atoms. The molecule has 2 aromatic heterocycles. The van der Waals surface area contributed by atoms with Gasteiger partial charge >= 0.3 is 5.97 Å². The summed E-state index contributed by atoms with van der Waals surface area (Å²) in [7, 11) is -1.10. The number of benzene rings is 2. The quantitative estimate of drug-likeness (QED) is 0.0961. The highest BCUT2D eigenvalue weighted by Crippen LogP contribution is 2.26. The van der Waals surface area contributed by atoms with Gasteiger partial charge in [0, 0.05) is 56.8 Å². The van der Waals surface area contributed by atoms with E-state index in [1.54, 1.807) is 50.5 Å². The molecule has 4 rings (SSSR count). The third-order valence-corrected chi connectivity index (χ3v) is 9.93. The van der Waals surface area contributed by atoms with E-state index in [1.807, 2.05) is 42.9 Å². The summed E-state index contributed by atoms with van der Waals surface area (Å²) in [5.74, 6) is -0.0408. The lowest BCUT2D eigenvalue weighted by molar-refractivity contribution is -0.142. The molecule has 2 heterocycles. The molecule has 274 valence electrons. The Bertz CT molecular complexity index is 1890. The molecule has 14 nitrogen and oxygen atoms in total. The van der Waals surface area contributed by atoms with Crippen molar-refractivity contribution >= 4 is 44.5 Å². The molecule has 15 heteroatoms. The highest BCUT2D eigenvalue weighted by molar-refractivity contribution is 7.89. The van der Waals surface area contributed by atoms with Crippen LogP contribution in [0.5, 0.6) is 5.75 Å². The van der Waals surface area contributed by atoms with E-state index in [0.717, 1.165) is 43.2 Å². The Morgan fingerprint density at radius 1 is 1.02 bits per heavy atom. The fourth-order valence-electron chi connectivity index (χ4n) is 5.61. The Hall–Kier alpha value is -5.02. The van der Waals surface area contributed by atoms with Gasteiger partial charge in [0.2, 0.25) is 15.9 Å². The van der Waals surface area contributed by atoms with Crippen molar-refractivity contribution in [1.29, 1.82) is 0 Å². The SMILES string of the molecule is CCCNC(=O)CCCOc1cc(C)c(S(=O)(=O)N[C@@H](CNC(=O)c2ccc3c(cnn3CCCN(C)c3ccccn3)c2)C(=O)OC)c(C)c1. The van der Waals surface area contributed by atoms with Gasteiger partial charge in [-0.15, -0.1) is 0 Å². The molecule has 3 N–H and O–H groups in total. The Labute approximate surface area is 299 Å². The van der Waals surface area contributed by atoms with Gasteiger partial charge < -0.3 is 25.0 Å². The molecule has 51 heavy (non-hydrogen) atoms. The highest BCUT2D eigenvalue weighted by Gasteiger charge is 2.29. The van der Waals surface area contributed by atoms with E-state index in [2.05, 4.69) is 30.3 Å². The van der Waals surface area contributed by atoms with Crippen molar-refractivity contribution in [3.8, 4) is 5.75 Å². The first-order valence-corrected chi connectivity index (χ1v) is 18.4. The molecule has 4 aromatic rings. The number of ether oxygens (including phenoxy) is 2. The van der Waals surface area contributed by atoms with Crippen molar-refractivity contribution in [2.45, 2.75) is 63.9 Å². The van der Waals surface area contributed by atoms with E-state index in [9.17, 15) is 22.8 Å². The van der Waals surface area contributed by atoms with Crippen LogP contribution >= 0.6 is 0 Å². The van der Waals surface area contributed by atoms with Gasteiger partial charge in [0.25, 0.3) is 5.91 Å². The van der Waals surface area contributed by atoms with Crippen molar-refractivity contribution in [3.05, 3.63) is 77.6 Å². The number of carbonyl (C=O) groups is 3. The fraction of sp³-hybridized carbons (Fsp3) is 0.417.